The van der Waals surface area contributed by atoms with Crippen molar-refractivity contribution >= 4 is 17.7 Å². The smallest absolute Gasteiger partial charge is 0.231 e. The number of hydroxylamine groups is 2. The summed E-state index contributed by atoms with van der Waals surface area (Å²) in [5.74, 6) is 2.21. The van der Waals surface area contributed by atoms with E-state index in [9.17, 15) is 5.21 Å². The summed E-state index contributed by atoms with van der Waals surface area (Å²) in [6.45, 7) is 5.22. The fraction of sp³-hybridized carbons (Fsp3) is 0.259. The van der Waals surface area contributed by atoms with Crippen LogP contribution in [0.15, 0.2) is 54.6 Å². The molecule has 170 valence electrons. The van der Waals surface area contributed by atoms with Gasteiger partial charge in [-0.2, -0.15) is 5.06 Å². The monoisotopic (exact) mass is 463 g/mol. The SMILES string of the molecule is Cc1cc2c(cc1/C=C/C1c3cc(C)c(OCc4ccccc4)c(Cl)c3CCN1O)OCO2. The number of aryl methyl sites for hydroxylation is 2. The Morgan fingerprint density at radius 3 is 2.64 bits per heavy atom. The highest BCUT2D eigenvalue weighted by atomic mass is 35.5. The van der Waals surface area contributed by atoms with E-state index in [-0.39, 0.29) is 12.8 Å². The van der Waals surface area contributed by atoms with Gasteiger partial charge in [0.1, 0.15) is 12.4 Å². The predicted octanol–water partition coefficient (Wildman–Crippen LogP) is 6.27. The summed E-state index contributed by atoms with van der Waals surface area (Å²) in [7, 11) is 0. The fourth-order valence-corrected chi connectivity index (χ4v) is 4.82. The van der Waals surface area contributed by atoms with Gasteiger partial charge in [-0.3, -0.25) is 0 Å². The van der Waals surface area contributed by atoms with Crippen LogP contribution in [-0.2, 0) is 13.0 Å². The Labute approximate surface area is 198 Å². The van der Waals surface area contributed by atoms with Gasteiger partial charge in [-0.25, -0.2) is 0 Å². The molecule has 0 aromatic heterocycles. The van der Waals surface area contributed by atoms with E-state index in [1.165, 1.54) is 5.06 Å². The van der Waals surface area contributed by atoms with E-state index >= 15 is 0 Å². The molecule has 33 heavy (non-hydrogen) atoms. The molecule has 1 N–H and O–H groups in total. The van der Waals surface area contributed by atoms with Gasteiger partial charge in [0.25, 0.3) is 0 Å². The van der Waals surface area contributed by atoms with Crippen LogP contribution in [0.2, 0.25) is 5.02 Å². The average Bonchev–Trinajstić information content (AvgIpc) is 3.26. The first-order valence-electron chi connectivity index (χ1n) is 11.0. The van der Waals surface area contributed by atoms with Crippen molar-refractivity contribution < 1.29 is 19.4 Å². The van der Waals surface area contributed by atoms with Gasteiger partial charge in [-0.15, -0.1) is 0 Å². The van der Waals surface area contributed by atoms with Crippen LogP contribution in [0.1, 0.15) is 39.4 Å². The Bertz CT molecular complexity index is 1210. The molecule has 3 aromatic carbocycles. The summed E-state index contributed by atoms with van der Waals surface area (Å²) >= 11 is 6.84. The molecule has 0 bridgehead atoms. The van der Waals surface area contributed by atoms with Crippen LogP contribution in [0.4, 0.5) is 0 Å². The second kappa shape index (κ2) is 9.10. The first kappa shape index (κ1) is 21.8. The lowest BCUT2D eigenvalue weighted by Crippen LogP contribution is -2.32. The van der Waals surface area contributed by atoms with Crippen molar-refractivity contribution in [1.82, 2.24) is 5.06 Å². The lowest BCUT2D eigenvalue weighted by Gasteiger charge is -2.32. The number of ether oxygens (including phenoxy) is 3. The van der Waals surface area contributed by atoms with Crippen LogP contribution in [0.3, 0.4) is 0 Å². The van der Waals surface area contributed by atoms with Crippen LogP contribution in [0, 0.1) is 13.8 Å². The lowest BCUT2D eigenvalue weighted by molar-refractivity contribution is -0.119. The Hall–Kier alpha value is -2.99. The maximum absolute atomic E-state index is 10.7. The molecule has 2 aliphatic rings. The van der Waals surface area contributed by atoms with Gasteiger partial charge in [0.15, 0.2) is 11.5 Å². The van der Waals surface area contributed by atoms with E-state index in [0.29, 0.717) is 30.3 Å². The van der Waals surface area contributed by atoms with Gasteiger partial charge >= 0.3 is 0 Å². The zero-order valence-corrected chi connectivity index (χ0v) is 19.4. The maximum atomic E-state index is 10.7. The average molecular weight is 464 g/mol. The highest BCUT2D eigenvalue weighted by molar-refractivity contribution is 6.33. The molecule has 1 unspecified atom stereocenters. The first-order chi connectivity index (χ1) is 16.0. The van der Waals surface area contributed by atoms with Crippen LogP contribution in [-0.4, -0.2) is 23.6 Å². The third-order valence-electron chi connectivity index (χ3n) is 6.22. The van der Waals surface area contributed by atoms with Crippen molar-refractivity contribution in [1.29, 1.82) is 0 Å². The third-order valence-corrected chi connectivity index (χ3v) is 6.62. The zero-order chi connectivity index (χ0) is 22.9. The Morgan fingerprint density at radius 1 is 1.09 bits per heavy atom. The molecule has 0 aliphatic carbocycles. The molecule has 0 amide bonds. The topological polar surface area (TPSA) is 51.2 Å². The van der Waals surface area contributed by atoms with E-state index < -0.39 is 0 Å². The van der Waals surface area contributed by atoms with E-state index in [0.717, 1.165) is 44.9 Å². The van der Waals surface area contributed by atoms with Gasteiger partial charge in [-0.05, 0) is 65.8 Å². The lowest BCUT2D eigenvalue weighted by atomic mass is 9.91. The second-order valence-electron chi connectivity index (χ2n) is 8.46. The number of hydrogen-bond donors (Lipinski definition) is 1. The molecular weight excluding hydrogens is 438 g/mol. The van der Waals surface area contributed by atoms with E-state index in [1.807, 2.05) is 68.5 Å². The summed E-state index contributed by atoms with van der Waals surface area (Å²) in [5, 5.41) is 12.7. The minimum Gasteiger partial charge on any atom is -0.487 e. The summed E-state index contributed by atoms with van der Waals surface area (Å²) in [5.41, 5.74) is 6.15. The van der Waals surface area contributed by atoms with Crippen molar-refractivity contribution in [2.24, 2.45) is 0 Å². The van der Waals surface area contributed by atoms with E-state index in [4.69, 9.17) is 25.8 Å². The van der Waals surface area contributed by atoms with Crippen molar-refractivity contribution in [2.45, 2.75) is 32.9 Å². The fourth-order valence-electron chi connectivity index (χ4n) is 4.41. The highest BCUT2D eigenvalue weighted by Gasteiger charge is 2.29. The summed E-state index contributed by atoms with van der Waals surface area (Å²) < 4.78 is 17.1. The molecule has 0 radical (unpaired) electrons. The van der Waals surface area contributed by atoms with Crippen LogP contribution in [0.5, 0.6) is 17.2 Å². The minimum atomic E-state index is -0.307. The summed E-state index contributed by atoms with van der Waals surface area (Å²) in [6.07, 6.45) is 4.67. The molecular formula is C27H26ClNO4. The first-order valence-corrected chi connectivity index (χ1v) is 11.4. The number of benzene rings is 3. The number of halogens is 1. The van der Waals surface area contributed by atoms with Crippen LogP contribution in [0.25, 0.3) is 6.08 Å². The molecule has 5 nitrogen and oxygen atoms in total. The molecule has 2 heterocycles. The van der Waals surface area contributed by atoms with Crippen molar-refractivity contribution in [2.75, 3.05) is 13.3 Å². The quantitative estimate of drug-likeness (QED) is 0.483. The Morgan fingerprint density at radius 2 is 1.85 bits per heavy atom. The molecule has 0 fully saturated rings. The predicted molar refractivity (Wildman–Crippen MR) is 128 cm³/mol. The molecule has 2 aliphatic heterocycles. The van der Waals surface area contributed by atoms with Crippen LogP contribution < -0.4 is 14.2 Å². The normalized spacial score (nSPS) is 17.4. The van der Waals surface area contributed by atoms with Gasteiger partial charge < -0.3 is 19.4 Å². The van der Waals surface area contributed by atoms with Crippen molar-refractivity contribution in [3.05, 3.63) is 93.0 Å². The number of hydrogen-bond acceptors (Lipinski definition) is 5. The molecule has 6 heteroatoms. The second-order valence-corrected chi connectivity index (χ2v) is 8.84. The van der Waals surface area contributed by atoms with E-state index in [2.05, 4.69) is 6.07 Å². The molecule has 0 saturated carbocycles. The van der Waals surface area contributed by atoms with Gasteiger partial charge in [-0.1, -0.05) is 60.2 Å². The van der Waals surface area contributed by atoms with E-state index in [1.54, 1.807) is 0 Å². The molecule has 5 rings (SSSR count). The van der Waals surface area contributed by atoms with Crippen molar-refractivity contribution in [3.63, 3.8) is 0 Å². The standard InChI is InChI=1S/C27H26ClNO4/c1-17-13-24-25(33-16-32-24)14-20(17)8-9-23-22-12-18(2)27(26(28)21(22)10-11-29(23)30)31-15-19-6-4-3-5-7-19/h3-9,12-14,23,30H,10-11,15-16H2,1-2H3/b9-8+. The molecule has 0 saturated heterocycles. The number of nitrogens with zero attached hydrogens (tertiary/aromatic N) is 1. The molecule has 0 spiro atoms. The highest BCUT2D eigenvalue weighted by Crippen LogP contribution is 2.42. The maximum Gasteiger partial charge on any atom is 0.231 e. The van der Waals surface area contributed by atoms with Gasteiger partial charge in [0.2, 0.25) is 6.79 Å². The van der Waals surface area contributed by atoms with Crippen molar-refractivity contribution in [3.8, 4) is 17.2 Å². The summed E-state index contributed by atoms with van der Waals surface area (Å²) in [6, 6.07) is 15.8. The minimum absolute atomic E-state index is 0.245. The van der Waals surface area contributed by atoms with Crippen LogP contribution >= 0.6 is 11.6 Å². The van der Waals surface area contributed by atoms with Gasteiger partial charge in [0.05, 0.1) is 11.1 Å². The molecule has 1 atom stereocenters. The zero-order valence-electron chi connectivity index (χ0n) is 18.7. The number of fused-ring (bicyclic) bond motifs is 2. The Kier molecular flexibility index (Phi) is 6.02. The Balaban J connectivity index is 1.44. The molecule has 3 aromatic rings. The largest absolute Gasteiger partial charge is 0.487 e. The number of rotatable bonds is 5. The van der Waals surface area contributed by atoms with Gasteiger partial charge in [0, 0.05) is 6.54 Å². The third kappa shape index (κ3) is 4.32. The summed E-state index contributed by atoms with van der Waals surface area (Å²) in [4.78, 5) is 0.